The Morgan fingerprint density at radius 3 is 1.85 bits per heavy atom. The highest BCUT2D eigenvalue weighted by Crippen LogP contribution is 2.42. The maximum atomic E-state index is 5.42. The lowest BCUT2D eigenvalue weighted by molar-refractivity contribution is 0.705. The van der Waals surface area contributed by atoms with Crippen molar-refractivity contribution >= 4 is 33.4 Å². The van der Waals surface area contributed by atoms with E-state index < -0.39 is 0 Å². The van der Waals surface area contributed by atoms with Crippen molar-refractivity contribution in [2.24, 2.45) is 0 Å². The van der Waals surface area contributed by atoms with Gasteiger partial charge in [-0.3, -0.25) is 0 Å². The Labute approximate surface area is 303 Å². The van der Waals surface area contributed by atoms with E-state index in [4.69, 9.17) is 9.97 Å². The Hall–Kier alpha value is -6.84. The number of dihydropyridines is 1. The van der Waals surface area contributed by atoms with Gasteiger partial charge in [0, 0.05) is 27.8 Å². The maximum absolute atomic E-state index is 5.42. The summed E-state index contributed by atoms with van der Waals surface area (Å²) in [7, 11) is 0. The Morgan fingerprint density at radius 1 is 0.462 bits per heavy atom. The minimum Gasteiger partial charge on any atom is -0.372 e. The molecule has 0 saturated heterocycles. The lowest BCUT2D eigenvalue weighted by atomic mass is 9.88. The van der Waals surface area contributed by atoms with Crippen LogP contribution in [0.3, 0.4) is 0 Å². The normalized spacial score (nSPS) is 14.7. The molecule has 0 radical (unpaired) electrons. The third-order valence-corrected chi connectivity index (χ3v) is 10.3. The van der Waals surface area contributed by atoms with Gasteiger partial charge < -0.3 is 5.32 Å². The lowest BCUT2D eigenvalue weighted by Crippen LogP contribution is -2.27. The minimum atomic E-state index is -0.0233. The molecule has 1 aliphatic heterocycles. The van der Waals surface area contributed by atoms with Crippen molar-refractivity contribution in [2.45, 2.75) is 6.04 Å². The van der Waals surface area contributed by atoms with Gasteiger partial charge in [0.05, 0.1) is 28.6 Å². The summed E-state index contributed by atoms with van der Waals surface area (Å²) in [6.07, 6.45) is 8.77. The summed E-state index contributed by atoms with van der Waals surface area (Å²) < 4.78 is 0. The standard InChI is InChI=1S/C49H33N3/c1-4-12-32(13-5-1)41-31-45(35-16-8-3-9-17-35)52-49-42(30-39-18-10-11-19-40(39)46(41)49)33-20-22-36(23-21-33)44-29-27-38-25-24-37-26-28-43(34-14-6-2-7-15-34)50-47(37)48(38)51-44/h1-31,48,51H. The van der Waals surface area contributed by atoms with Gasteiger partial charge in [-0.15, -0.1) is 0 Å². The highest BCUT2D eigenvalue weighted by molar-refractivity contribution is 6.18. The Balaban J connectivity index is 1.07. The predicted molar refractivity (Wildman–Crippen MR) is 216 cm³/mol. The van der Waals surface area contributed by atoms with Crippen LogP contribution in [0, 0.1) is 0 Å². The Kier molecular flexibility index (Phi) is 7.21. The number of hydrogen-bond donors (Lipinski definition) is 1. The fraction of sp³-hybridized carbons (Fsp3) is 0.0204. The molecule has 6 aromatic carbocycles. The van der Waals surface area contributed by atoms with Crippen LogP contribution in [0.5, 0.6) is 0 Å². The smallest absolute Gasteiger partial charge is 0.0946 e. The highest BCUT2D eigenvalue weighted by Gasteiger charge is 2.26. The van der Waals surface area contributed by atoms with E-state index in [2.05, 4.69) is 187 Å². The largest absolute Gasteiger partial charge is 0.372 e. The number of pyridine rings is 2. The summed E-state index contributed by atoms with van der Waals surface area (Å²) in [6, 6.07) is 58.0. The van der Waals surface area contributed by atoms with Crippen molar-refractivity contribution in [1.82, 2.24) is 15.3 Å². The first kappa shape index (κ1) is 30.0. The van der Waals surface area contributed by atoms with Gasteiger partial charge in [-0.05, 0) is 68.4 Å². The molecular formula is C49H33N3. The summed E-state index contributed by atoms with van der Waals surface area (Å²) >= 11 is 0. The second kappa shape index (κ2) is 12.5. The van der Waals surface area contributed by atoms with E-state index in [1.165, 1.54) is 32.9 Å². The van der Waals surface area contributed by atoms with Gasteiger partial charge >= 0.3 is 0 Å². The molecular weight excluding hydrogens is 631 g/mol. The van der Waals surface area contributed by atoms with Crippen molar-refractivity contribution in [2.75, 3.05) is 0 Å². The minimum absolute atomic E-state index is 0.0233. The van der Waals surface area contributed by atoms with Crippen LogP contribution in [-0.4, -0.2) is 9.97 Å². The number of aromatic nitrogens is 2. The zero-order valence-electron chi connectivity index (χ0n) is 28.4. The average Bonchev–Trinajstić information content (AvgIpc) is 3.23. The Morgan fingerprint density at radius 2 is 1.10 bits per heavy atom. The second-order valence-corrected chi connectivity index (χ2v) is 13.4. The van der Waals surface area contributed by atoms with Crippen LogP contribution in [0.25, 0.3) is 78.2 Å². The second-order valence-electron chi connectivity index (χ2n) is 13.4. The molecule has 10 rings (SSSR count). The van der Waals surface area contributed by atoms with Crippen LogP contribution in [0.4, 0.5) is 0 Å². The molecule has 0 spiro atoms. The predicted octanol–water partition coefficient (Wildman–Crippen LogP) is 12.1. The molecule has 3 heterocycles. The molecule has 3 heteroatoms. The molecule has 1 unspecified atom stereocenters. The van der Waals surface area contributed by atoms with Gasteiger partial charge in [-0.1, -0.05) is 164 Å². The number of benzene rings is 6. The van der Waals surface area contributed by atoms with Crippen molar-refractivity contribution in [3.8, 4) is 44.8 Å². The molecule has 1 N–H and O–H groups in total. The fourth-order valence-electron chi connectivity index (χ4n) is 7.67. The number of rotatable bonds is 5. The van der Waals surface area contributed by atoms with Crippen LogP contribution >= 0.6 is 0 Å². The van der Waals surface area contributed by atoms with Crippen LogP contribution in [0.1, 0.15) is 22.9 Å². The molecule has 1 atom stereocenters. The van der Waals surface area contributed by atoms with E-state index in [-0.39, 0.29) is 6.04 Å². The first-order valence-corrected chi connectivity index (χ1v) is 17.8. The van der Waals surface area contributed by atoms with Gasteiger partial charge in [-0.2, -0.15) is 0 Å². The van der Waals surface area contributed by atoms with Crippen molar-refractivity contribution in [3.05, 3.63) is 204 Å². The van der Waals surface area contributed by atoms with Crippen LogP contribution < -0.4 is 5.32 Å². The van der Waals surface area contributed by atoms with E-state index in [0.29, 0.717) is 0 Å². The number of fused-ring (bicyclic) bond motifs is 6. The van der Waals surface area contributed by atoms with Gasteiger partial charge in [-0.25, -0.2) is 9.97 Å². The number of hydrogen-bond acceptors (Lipinski definition) is 3. The van der Waals surface area contributed by atoms with Gasteiger partial charge in [0.15, 0.2) is 0 Å². The molecule has 1 aliphatic carbocycles. The molecule has 0 bridgehead atoms. The van der Waals surface area contributed by atoms with E-state index in [1.807, 2.05) is 6.07 Å². The monoisotopic (exact) mass is 663 g/mol. The molecule has 0 amide bonds. The van der Waals surface area contributed by atoms with Crippen LogP contribution in [0.15, 0.2) is 188 Å². The van der Waals surface area contributed by atoms with Gasteiger partial charge in [0.1, 0.15) is 0 Å². The van der Waals surface area contributed by atoms with E-state index in [1.54, 1.807) is 0 Å². The van der Waals surface area contributed by atoms with Crippen molar-refractivity contribution in [1.29, 1.82) is 0 Å². The fourth-order valence-corrected chi connectivity index (χ4v) is 7.67. The molecule has 244 valence electrons. The SMILES string of the molecule is C1=Cc2ccc(-c3ccccc3)nc2C2NC(c3ccc(-c4cc5ccccc5c5c(-c6ccccc6)cc(-c6ccccc6)nc45)cc3)=CC=C12. The van der Waals surface area contributed by atoms with Gasteiger partial charge in [0.2, 0.25) is 0 Å². The number of nitrogens with one attached hydrogen (secondary N) is 1. The quantitative estimate of drug-likeness (QED) is 0.186. The zero-order valence-corrected chi connectivity index (χ0v) is 28.4. The van der Waals surface area contributed by atoms with E-state index in [0.717, 1.165) is 61.7 Å². The van der Waals surface area contributed by atoms with E-state index in [9.17, 15) is 0 Å². The number of allylic oxidation sites excluding steroid dienone is 2. The topological polar surface area (TPSA) is 37.8 Å². The third kappa shape index (κ3) is 5.23. The molecule has 0 saturated carbocycles. The first-order chi connectivity index (χ1) is 25.8. The third-order valence-electron chi connectivity index (χ3n) is 10.3. The summed E-state index contributed by atoms with van der Waals surface area (Å²) in [6.45, 7) is 0. The summed E-state index contributed by atoms with van der Waals surface area (Å²) in [5, 5.41) is 7.41. The average molecular weight is 664 g/mol. The molecule has 2 aliphatic rings. The molecule has 0 fully saturated rings. The first-order valence-electron chi connectivity index (χ1n) is 17.8. The molecule has 8 aromatic rings. The zero-order chi connectivity index (χ0) is 34.4. The summed E-state index contributed by atoms with van der Waals surface area (Å²) in [4.78, 5) is 10.6. The molecule has 2 aromatic heterocycles. The summed E-state index contributed by atoms with van der Waals surface area (Å²) in [5.41, 5.74) is 15.4. The Bertz CT molecular complexity index is 2730. The van der Waals surface area contributed by atoms with Crippen LogP contribution in [-0.2, 0) is 0 Å². The van der Waals surface area contributed by atoms with E-state index >= 15 is 0 Å². The highest BCUT2D eigenvalue weighted by atomic mass is 15.0. The van der Waals surface area contributed by atoms with Crippen LogP contribution in [0.2, 0.25) is 0 Å². The number of nitrogens with zero attached hydrogens (tertiary/aromatic N) is 2. The molecule has 52 heavy (non-hydrogen) atoms. The summed E-state index contributed by atoms with van der Waals surface area (Å²) in [5.74, 6) is 0. The van der Waals surface area contributed by atoms with Gasteiger partial charge in [0.25, 0.3) is 0 Å². The van der Waals surface area contributed by atoms with Crippen molar-refractivity contribution < 1.29 is 0 Å². The molecule has 3 nitrogen and oxygen atoms in total. The van der Waals surface area contributed by atoms with Crippen molar-refractivity contribution in [3.63, 3.8) is 0 Å². The lowest BCUT2D eigenvalue weighted by Gasteiger charge is -2.30. The maximum Gasteiger partial charge on any atom is 0.0946 e.